The summed E-state index contributed by atoms with van der Waals surface area (Å²) in [6.45, 7) is 1.42. The maximum atomic E-state index is 14.2. The molecule has 0 aliphatic heterocycles. The fourth-order valence-electron chi connectivity index (χ4n) is 2.02. The van der Waals surface area contributed by atoms with Crippen LogP contribution in [0, 0.1) is 9.39 Å². The fourth-order valence-corrected chi connectivity index (χ4v) is 3.15. The molecule has 0 aliphatic carbocycles. The van der Waals surface area contributed by atoms with Gasteiger partial charge in [-0.2, -0.15) is 0 Å². The summed E-state index contributed by atoms with van der Waals surface area (Å²) in [5, 5.41) is 12.0. The molecular weight excluding hydrogens is 571 g/mol. The van der Waals surface area contributed by atoms with Crippen molar-refractivity contribution in [1.29, 1.82) is 0 Å². The van der Waals surface area contributed by atoms with Gasteiger partial charge in [0.1, 0.15) is 18.2 Å². The minimum absolute atomic E-state index is 0.0911. The van der Waals surface area contributed by atoms with Gasteiger partial charge in [0, 0.05) is 9.64 Å². The number of nitrogens with zero attached hydrogens (tertiary/aromatic N) is 1. The van der Waals surface area contributed by atoms with Crippen molar-refractivity contribution in [1.82, 2.24) is 10.0 Å². The SMILES string of the molecule is CC(O)CONC(=O)c1ccc(=O)n(CI)c1Nc1ccc(I)cc1F. The lowest BCUT2D eigenvalue weighted by atomic mass is 10.2. The average Bonchev–Trinajstić information content (AvgIpc) is 2.57. The van der Waals surface area contributed by atoms with Gasteiger partial charge in [-0.15, -0.1) is 0 Å². The van der Waals surface area contributed by atoms with Gasteiger partial charge >= 0.3 is 0 Å². The molecule has 0 spiro atoms. The van der Waals surface area contributed by atoms with Crippen LogP contribution in [0.5, 0.6) is 0 Å². The molecule has 1 unspecified atom stereocenters. The van der Waals surface area contributed by atoms with Crippen molar-refractivity contribution in [2.75, 3.05) is 11.9 Å². The molecule has 2 rings (SSSR count). The van der Waals surface area contributed by atoms with Crippen LogP contribution in [0.25, 0.3) is 0 Å². The molecular formula is C16H16FI2N3O4. The van der Waals surface area contributed by atoms with Gasteiger partial charge < -0.3 is 10.4 Å². The van der Waals surface area contributed by atoms with E-state index in [1.165, 1.54) is 35.8 Å². The molecule has 0 saturated heterocycles. The van der Waals surface area contributed by atoms with Gasteiger partial charge in [-0.05, 0) is 53.8 Å². The molecule has 0 aliphatic rings. The highest BCUT2D eigenvalue weighted by molar-refractivity contribution is 14.1. The molecule has 3 N–H and O–H groups in total. The van der Waals surface area contributed by atoms with Gasteiger partial charge in [0.2, 0.25) is 0 Å². The van der Waals surface area contributed by atoms with E-state index >= 15 is 0 Å². The Labute approximate surface area is 176 Å². The van der Waals surface area contributed by atoms with Crippen molar-refractivity contribution >= 4 is 62.6 Å². The normalized spacial score (nSPS) is 11.9. The molecule has 1 aromatic carbocycles. The van der Waals surface area contributed by atoms with Gasteiger partial charge in [0.25, 0.3) is 11.5 Å². The molecule has 10 heteroatoms. The van der Waals surface area contributed by atoms with Crippen LogP contribution < -0.4 is 16.4 Å². The second-order valence-corrected chi connectivity index (χ2v) is 7.25. The minimum Gasteiger partial charge on any atom is -0.391 e. The number of carbonyl (C=O) groups excluding carboxylic acids is 1. The third-order valence-electron chi connectivity index (χ3n) is 3.22. The van der Waals surface area contributed by atoms with Crippen molar-refractivity contribution in [3.8, 4) is 0 Å². The van der Waals surface area contributed by atoms with Crippen LogP contribution in [0.4, 0.5) is 15.9 Å². The fraction of sp³-hybridized carbons (Fsp3) is 0.250. The number of hydroxylamine groups is 1. The number of aliphatic hydroxyl groups excluding tert-OH is 1. The number of nitrogens with one attached hydrogen (secondary N) is 2. The van der Waals surface area contributed by atoms with E-state index in [1.807, 2.05) is 45.2 Å². The van der Waals surface area contributed by atoms with E-state index < -0.39 is 17.8 Å². The van der Waals surface area contributed by atoms with E-state index in [1.54, 1.807) is 6.07 Å². The quantitative estimate of drug-likeness (QED) is 0.264. The number of pyridine rings is 1. The van der Waals surface area contributed by atoms with E-state index in [-0.39, 0.29) is 33.8 Å². The Hall–Kier alpha value is -1.25. The molecule has 0 saturated carbocycles. The first-order chi connectivity index (χ1) is 12.3. The first kappa shape index (κ1) is 21.1. The second kappa shape index (κ2) is 9.62. The number of halogens is 3. The summed E-state index contributed by atoms with van der Waals surface area (Å²) in [7, 11) is 0. The Kier molecular flexibility index (Phi) is 7.79. The summed E-state index contributed by atoms with van der Waals surface area (Å²) in [6.07, 6.45) is -0.753. The zero-order chi connectivity index (χ0) is 19.3. The molecule has 1 aromatic heterocycles. The van der Waals surface area contributed by atoms with E-state index in [2.05, 4.69) is 10.8 Å². The Balaban J connectivity index is 2.40. The number of hydrogen-bond donors (Lipinski definition) is 3. The third-order valence-corrected chi connectivity index (χ3v) is 4.57. The predicted molar refractivity (Wildman–Crippen MR) is 112 cm³/mol. The Morgan fingerprint density at radius 1 is 1.38 bits per heavy atom. The lowest BCUT2D eigenvalue weighted by Crippen LogP contribution is -2.30. The molecule has 0 bridgehead atoms. The monoisotopic (exact) mass is 587 g/mol. The molecule has 26 heavy (non-hydrogen) atoms. The summed E-state index contributed by atoms with van der Waals surface area (Å²) in [6, 6.07) is 7.14. The Morgan fingerprint density at radius 2 is 2.12 bits per heavy atom. The minimum atomic E-state index is -0.753. The van der Waals surface area contributed by atoms with Crippen LogP contribution in [0.1, 0.15) is 17.3 Å². The molecule has 0 fully saturated rings. The summed E-state index contributed by atoms with van der Waals surface area (Å²) in [5.41, 5.74) is 2.10. The number of carbonyl (C=O) groups is 1. The van der Waals surface area contributed by atoms with Crippen molar-refractivity contribution < 1.29 is 19.1 Å². The number of aromatic nitrogens is 1. The van der Waals surface area contributed by atoms with Gasteiger partial charge in [0.15, 0.2) is 0 Å². The van der Waals surface area contributed by atoms with Crippen LogP contribution in [0.3, 0.4) is 0 Å². The highest BCUT2D eigenvalue weighted by Gasteiger charge is 2.18. The standard InChI is InChI=1S/C16H16FI2N3O4/c1-9(23)7-26-21-16(25)11-3-5-14(24)22(8-18)15(11)20-13-4-2-10(19)6-12(13)17/h2-6,9,20,23H,7-8H2,1H3,(H,21,25). The van der Waals surface area contributed by atoms with E-state index in [0.717, 1.165) is 3.57 Å². The number of alkyl halides is 1. The highest BCUT2D eigenvalue weighted by Crippen LogP contribution is 2.24. The Bertz CT molecular complexity index is 858. The topological polar surface area (TPSA) is 92.6 Å². The molecule has 1 amide bonds. The number of rotatable bonds is 7. The van der Waals surface area contributed by atoms with Crippen LogP contribution >= 0.6 is 45.2 Å². The summed E-state index contributed by atoms with van der Waals surface area (Å²) in [4.78, 5) is 29.4. The van der Waals surface area contributed by atoms with Crippen molar-refractivity contribution in [2.45, 2.75) is 17.6 Å². The number of amides is 1. The van der Waals surface area contributed by atoms with Crippen molar-refractivity contribution in [3.05, 3.63) is 55.6 Å². The van der Waals surface area contributed by atoms with E-state index in [4.69, 9.17) is 4.84 Å². The van der Waals surface area contributed by atoms with E-state index in [0.29, 0.717) is 0 Å². The van der Waals surface area contributed by atoms with Crippen molar-refractivity contribution in [3.63, 3.8) is 0 Å². The molecule has 1 heterocycles. The highest BCUT2D eigenvalue weighted by atomic mass is 127. The number of benzene rings is 1. The van der Waals surface area contributed by atoms with Crippen molar-refractivity contribution in [2.24, 2.45) is 0 Å². The number of aliphatic hydroxyl groups is 1. The molecule has 2 aromatic rings. The molecule has 0 radical (unpaired) electrons. The lowest BCUT2D eigenvalue weighted by molar-refractivity contribution is -0.00685. The second-order valence-electron chi connectivity index (χ2n) is 5.32. The summed E-state index contributed by atoms with van der Waals surface area (Å²) < 4.78 is 16.5. The summed E-state index contributed by atoms with van der Waals surface area (Å²) in [5.74, 6) is -0.993. The van der Waals surface area contributed by atoms with Crippen LogP contribution in [0.15, 0.2) is 35.1 Å². The largest absolute Gasteiger partial charge is 0.391 e. The molecule has 1 atom stereocenters. The first-order valence-corrected chi connectivity index (χ1v) is 10.1. The summed E-state index contributed by atoms with van der Waals surface area (Å²) >= 11 is 3.96. The lowest BCUT2D eigenvalue weighted by Gasteiger charge is -2.17. The predicted octanol–water partition coefficient (Wildman–Crippen LogP) is 2.77. The smallest absolute Gasteiger partial charge is 0.278 e. The number of anilines is 2. The van der Waals surface area contributed by atoms with Gasteiger partial charge in [-0.1, -0.05) is 22.6 Å². The first-order valence-electron chi connectivity index (χ1n) is 7.45. The number of hydrogen-bond acceptors (Lipinski definition) is 5. The zero-order valence-corrected chi connectivity index (χ0v) is 17.9. The molecule has 140 valence electrons. The third kappa shape index (κ3) is 5.37. The van der Waals surface area contributed by atoms with Crippen LogP contribution in [-0.4, -0.2) is 28.3 Å². The van der Waals surface area contributed by atoms with Crippen LogP contribution in [-0.2, 0) is 9.39 Å². The van der Waals surface area contributed by atoms with Crippen LogP contribution in [0.2, 0.25) is 0 Å². The molecule has 7 nitrogen and oxygen atoms in total. The zero-order valence-electron chi connectivity index (χ0n) is 13.6. The van der Waals surface area contributed by atoms with Gasteiger partial charge in [0.05, 0.1) is 21.9 Å². The van der Waals surface area contributed by atoms with Gasteiger partial charge in [-0.3, -0.25) is 19.0 Å². The van der Waals surface area contributed by atoms with E-state index in [9.17, 15) is 19.1 Å². The van der Waals surface area contributed by atoms with Gasteiger partial charge in [-0.25, -0.2) is 9.87 Å². The Morgan fingerprint density at radius 3 is 2.73 bits per heavy atom. The maximum Gasteiger partial charge on any atom is 0.278 e. The average molecular weight is 587 g/mol. The maximum absolute atomic E-state index is 14.2.